The fourth-order valence-corrected chi connectivity index (χ4v) is 3.21. The number of aryl methyl sites for hydroxylation is 1. The van der Waals surface area contributed by atoms with Crippen LogP contribution in [0.2, 0.25) is 0 Å². The minimum atomic E-state index is -0.255. The van der Waals surface area contributed by atoms with Crippen molar-refractivity contribution >= 4 is 40.2 Å². The summed E-state index contributed by atoms with van der Waals surface area (Å²) in [5, 5.41) is 17.5. The third kappa shape index (κ3) is 5.24. The molecule has 4 rings (SSSR count). The lowest BCUT2D eigenvalue weighted by Gasteiger charge is -2.14. The van der Waals surface area contributed by atoms with Gasteiger partial charge in [-0.25, -0.2) is 9.78 Å². The van der Waals surface area contributed by atoms with Crippen molar-refractivity contribution < 1.29 is 9.59 Å². The number of aromatic nitrogens is 4. The van der Waals surface area contributed by atoms with Gasteiger partial charge in [0.15, 0.2) is 0 Å². The van der Waals surface area contributed by atoms with Crippen LogP contribution in [-0.4, -0.2) is 50.9 Å². The van der Waals surface area contributed by atoms with Crippen LogP contribution in [-0.2, 0) is 13.6 Å². The standard InChI is InChI=1S/C23H24N8O2/c1-30(2)23(33)27-21-12-15(10-11-24-21)14-25-18-7-5-4-6-17(18)22(32)26-16-8-9-19-20(13-16)29-31(3)28-19/h4-13,25H,14H2,1-3H3,(H,26,32)(H,24,27,33). The number of urea groups is 1. The molecule has 4 aromatic rings. The molecule has 0 unspecified atom stereocenters. The van der Waals surface area contributed by atoms with Crippen LogP contribution >= 0.6 is 0 Å². The topological polar surface area (TPSA) is 117 Å². The Hall–Kier alpha value is -4.47. The molecule has 0 fully saturated rings. The second kappa shape index (κ2) is 9.35. The van der Waals surface area contributed by atoms with Crippen LogP contribution in [0.25, 0.3) is 11.0 Å². The highest BCUT2D eigenvalue weighted by Gasteiger charge is 2.13. The quantitative estimate of drug-likeness (QED) is 0.420. The molecule has 0 saturated carbocycles. The summed E-state index contributed by atoms with van der Waals surface area (Å²) in [4.78, 5) is 31.9. The van der Waals surface area contributed by atoms with Gasteiger partial charge >= 0.3 is 6.03 Å². The van der Waals surface area contributed by atoms with E-state index >= 15 is 0 Å². The van der Waals surface area contributed by atoms with Crippen LogP contribution in [0.4, 0.5) is 22.0 Å². The van der Waals surface area contributed by atoms with E-state index in [2.05, 4.69) is 31.1 Å². The van der Waals surface area contributed by atoms with Gasteiger partial charge in [-0.2, -0.15) is 15.0 Å². The second-order valence-corrected chi connectivity index (χ2v) is 7.62. The van der Waals surface area contributed by atoms with Crippen molar-refractivity contribution in [1.29, 1.82) is 0 Å². The van der Waals surface area contributed by atoms with Gasteiger partial charge in [-0.05, 0) is 48.0 Å². The number of hydrogen-bond donors (Lipinski definition) is 3. The van der Waals surface area contributed by atoms with Gasteiger partial charge in [0.2, 0.25) is 0 Å². The van der Waals surface area contributed by atoms with Crippen LogP contribution in [0.5, 0.6) is 0 Å². The molecule has 0 aliphatic heterocycles. The summed E-state index contributed by atoms with van der Waals surface area (Å²) in [7, 11) is 5.07. The van der Waals surface area contributed by atoms with E-state index in [1.54, 1.807) is 51.6 Å². The molecular weight excluding hydrogens is 420 g/mol. The Bertz CT molecular complexity index is 1310. The van der Waals surface area contributed by atoms with Crippen LogP contribution in [0, 0.1) is 0 Å². The van der Waals surface area contributed by atoms with Gasteiger partial charge in [0.25, 0.3) is 5.91 Å². The number of rotatable bonds is 6. The molecule has 33 heavy (non-hydrogen) atoms. The van der Waals surface area contributed by atoms with Crippen molar-refractivity contribution in [3.05, 3.63) is 71.9 Å². The Labute approximate surface area is 190 Å². The predicted octanol–water partition coefficient (Wildman–Crippen LogP) is 3.32. The molecule has 3 amide bonds. The largest absolute Gasteiger partial charge is 0.380 e. The Balaban J connectivity index is 1.46. The average molecular weight is 444 g/mol. The first-order chi connectivity index (χ1) is 15.9. The monoisotopic (exact) mass is 444 g/mol. The number of carbonyl (C=O) groups is 2. The normalized spacial score (nSPS) is 10.6. The van der Waals surface area contributed by atoms with Crippen molar-refractivity contribution in [3.63, 3.8) is 0 Å². The minimum Gasteiger partial charge on any atom is -0.380 e. The molecule has 10 heteroatoms. The molecule has 0 spiro atoms. The highest BCUT2D eigenvalue weighted by molar-refractivity contribution is 6.08. The number of nitrogens with one attached hydrogen (secondary N) is 3. The van der Waals surface area contributed by atoms with Crippen molar-refractivity contribution in [3.8, 4) is 0 Å². The minimum absolute atomic E-state index is 0.241. The van der Waals surface area contributed by atoms with Gasteiger partial charge in [0.05, 0.1) is 5.56 Å². The predicted molar refractivity (Wildman–Crippen MR) is 127 cm³/mol. The van der Waals surface area contributed by atoms with Crippen LogP contribution in [0.3, 0.4) is 0 Å². The molecule has 0 bridgehead atoms. The Kier molecular flexibility index (Phi) is 6.16. The fourth-order valence-electron chi connectivity index (χ4n) is 3.21. The lowest BCUT2D eigenvalue weighted by Crippen LogP contribution is -2.27. The number of hydrogen-bond acceptors (Lipinski definition) is 6. The Morgan fingerprint density at radius 1 is 0.970 bits per heavy atom. The zero-order valence-corrected chi connectivity index (χ0v) is 18.5. The second-order valence-electron chi connectivity index (χ2n) is 7.62. The number of carbonyl (C=O) groups excluding carboxylic acids is 2. The van der Waals surface area contributed by atoms with Gasteiger partial charge in [0, 0.05) is 45.3 Å². The molecule has 168 valence electrons. The zero-order chi connectivity index (χ0) is 23.4. The lowest BCUT2D eigenvalue weighted by atomic mass is 10.1. The SMILES string of the molecule is CN(C)C(=O)Nc1cc(CNc2ccccc2C(=O)Nc2ccc3nn(C)nc3c2)ccn1. The number of fused-ring (bicyclic) bond motifs is 1. The van der Waals surface area contributed by atoms with Gasteiger partial charge in [-0.3, -0.25) is 10.1 Å². The molecule has 2 aromatic carbocycles. The number of benzene rings is 2. The summed E-state index contributed by atoms with van der Waals surface area (Å²) in [6.07, 6.45) is 1.63. The highest BCUT2D eigenvalue weighted by Crippen LogP contribution is 2.21. The number of amides is 3. The first kappa shape index (κ1) is 21.8. The summed E-state index contributed by atoms with van der Waals surface area (Å²) >= 11 is 0. The van der Waals surface area contributed by atoms with E-state index in [-0.39, 0.29) is 11.9 Å². The number of para-hydroxylation sites is 1. The molecule has 0 saturated heterocycles. The smallest absolute Gasteiger partial charge is 0.322 e. The first-order valence-corrected chi connectivity index (χ1v) is 10.3. The van der Waals surface area contributed by atoms with Crippen molar-refractivity contribution in [1.82, 2.24) is 24.9 Å². The molecule has 0 radical (unpaired) electrons. The van der Waals surface area contributed by atoms with E-state index in [0.29, 0.717) is 34.8 Å². The first-order valence-electron chi connectivity index (χ1n) is 10.3. The van der Waals surface area contributed by atoms with Crippen LogP contribution < -0.4 is 16.0 Å². The molecule has 2 heterocycles. The summed E-state index contributed by atoms with van der Waals surface area (Å²) in [5.41, 5.74) is 4.20. The molecular formula is C23H24N8O2. The van der Waals surface area contributed by atoms with Gasteiger partial charge in [0.1, 0.15) is 16.9 Å². The molecule has 10 nitrogen and oxygen atoms in total. The van der Waals surface area contributed by atoms with E-state index in [9.17, 15) is 9.59 Å². The molecule has 0 aliphatic rings. The van der Waals surface area contributed by atoms with E-state index in [1.807, 2.05) is 30.3 Å². The fraction of sp³-hybridized carbons (Fsp3) is 0.174. The third-order valence-electron chi connectivity index (χ3n) is 4.86. The summed E-state index contributed by atoms with van der Waals surface area (Å²) in [6, 6.07) is 16.1. The van der Waals surface area contributed by atoms with Crippen LogP contribution in [0.1, 0.15) is 15.9 Å². The third-order valence-corrected chi connectivity index (χ3v) is 4.86. The molecule has 0 aliphatic carbocycles. The maximum Gasteiger partial charge on any atom is 0.322 e. The number of anilines is 3. The van der Waals surface area contributed by atoms with Crippen molar-refractivity contribution in [2.45, 2.75) is 6.54 Å². The summed E-state index contributed by atoms with van der Waals surface area (Å²) in [6.45, 7) is 0.448. The van der Waals surface area contributed by atoms with Crippen molar-refractivity contribution in [2.75, 3.05) is 30.0 Å². The highest BCUT2D eigenvalue weighted by atomic mass is 16.2. The lowest BCUT2D eigenvalue weighted by molar-refractivity contribution is 0.102. The number of nitrogens with zero attached hydrogens (tertiary/aromatic N) is 5. The maximum atomic E-state index is 13.0. The van der Waals surface area contributed by atoms with Gasteiger partial charge in [-0.15, -0.1) is 0 Å². The molecule has 0 atom stereocenters. The zero-order valence-electron chi connectivity index (χ0n) is 18.5. The Morgan fingerprint density at radius 2 is 1.76 bits per heavy atom. The maximum absolute atomic E-state index is 13.0. The average Bonchev–Trinajstić information content (AvgIpc) is 3.17. The van der Waals surface area contributed by atoms with E-state index in [4.69, 9.17) is 0 Å². The van der Waals surface area contributed by atoms with Gasteiger partial charge < -0.3 is 15.5 Å². The van der Waals surface area contributed by atoms with E-state index in [1.165, 1.54) is 9.70 Å². The Morgan fingerprint density at radius 3 is 2.58 bits per heavy atom. The summed E-state index contributed by atoms with van der Waals surface area (Å²) < 4.78 is 0. The van der Waals surface area contributed by atoms with Gasteiger partial charge in [-0.1, -0.05) is 12.1 Å². The summed E-state index contributed by atoms with van der Waals surface area (Å²) in [5.74, 6) is 0.216. The van der Waals surface area contributed by atoms with E-state index < -0.39 is 0 Å². The molecule has 3 N–H and O–H groups in total. The number of pyridine rings is 1. The van der Waals surface area contributed by atoms with E-state index in [0.717, 1.165) is 11.1 Å². The molecule has 2 aromatic heterocycles. The van der Waals surface area contributed by atoms with Crippen LogP contribution in [0.15, 0.2) is 60.8 Å². The van der Waals surface area contributed by atoms with Crippen molar-refractivity contribution in [2.24, 2.45) is 7.05 Å².